The molecule has 1 aromatic carbocycles. The molecule has 0 heterocycles. The fourth-order valence-corrected chi connectivity index (χ4v) is 1.20. The highest BCUT2D eigenvalue weighted by Gasteiger charge is 2.17. The molecule has 0 aliphatic carbocycles. The van der Waals surface area contributed by atoms with Gasteiger partial charge in [-0.2, -0.15) is 0 Å². The van der Waals surface area contributed by atoms with Gasteiger partial charge in [0.2, 0.25) is 0 Å². The maximum Gasteiger partial charge on any atom is 0.349 e. The summed E-state index contributed by atoms with van der Waals surface area (Å²) in [5.74, 6) is -0.442. The van der Waals surface area contributed by atoms with Crippen molar-refractivity contribution in [2.24, 2.45) is 0 Å². The maximum absolute atomic E-state index is 11.6. The van der Waals surface area contributed by atoms with Crippen LogP contribution in [0.2, 0.25) is 0 Å². The van der Waals surface area contributed by atoms with Crippen LogP contribution in [0.5, 0.6) is 11.5 Å². The van der Waals surface area contributed by atoms with Crippen molar-refractivity contribution in [1.82, 2.24) is 0 Å². The molecule has 0 radical (unpaired) electrons. The average Bonchev–Trinajstić information content (AvgIpc) is 2.37. The molecule has 0 N–H and O–H groups in total. The first-order chi connectivity index (χ1) is 8.12. The number of hydrogen-bond donors (Lipinski definition) is 0. The van der Waals surface area contributed by atoms with Gasteiger partial charge in [0, 0.05) is 12.5 Å². The molecule has 17 heavy (non-hydrogen) atoms. The van der Waals surface area contributed by atoms with E-state index in [1.54, 1.807) is 19.1 Å². The van der Waals surface area contributed by atoms with Crippen LogP contribution in [0.3, 0.4) is 0 Å². The number of methoxy groups -OCH3 is 2. The van der Waals surface area contributed by atoms with Crippen LogP contribution in [0, 0.1) is 0 Å². The van der Waals surface area contributed by atoms with Gasteiger partial charge in [-0.1, -0.05) is 6.92 Å². The molecule has 0 amide bonds. The first kappa shape index (κ1) is 13.0. The van der Waals surface area contributed by atoms with E-state index in [-0.39, 0.29) is 12.0 Å². The quantitative estimate of drug-likeness (QED) is 0.591. The van der Waals surface area contributed by atoms with Crippen molar-refractivity contribution in [3.8, 4) is 11.5 Å². The lowest BCUT2D eigenvalue weighted by atomic mass is 10.2. The van der Waals surface area contributed by atoms with Crippen molar-refractivity contribution in [3.63, 3.8) is 0 Å². The minimum absolute atomic E-state index is 0.143. The third-order valence-electron chi connectivity index (χ3n) is 2.12. The van der Waals surface area contributed by atoms with Gasteiger partial charge >= 0.3 is 11.9 Å². The number of rotatable bonds is 4. The number of esters is 2. The third kappa shape index (κ3) is 3.21. The predicted molar refractivity (Wildman–Crippen MR) is 60.3 cm³/mol. The lowest BCUT2D eigenvalue weighted by molar-refractivity contribution is -0.137. The summed E-state index contributed by atoms with van der Waals surface area (Å²) in [6.45, 7) is 1.61. The van der Waals surface area contributed by atoms with Crippen LogP contribution >= 0.6 is 0 Å². The van der Waals surface area contributed by atoms with E-state index in [1.165, 1.54) is 20.3 Å². The molecule has 0 saturated carbocycles. The Bertz CT molecular complexity index is 425. The SMILES string of the molecule is CCC(=O)OC(=O)c1ccc(OC)cc1OC. The van der Waals surface area contributed by atoms with E-state index in [0.29, 0.717) is 11.5 Å². The van der Waals surface area contributed by atoms with E-state index in [0.717, 1.165) is 0 Å². The second-order valence-corrected chi connectivity index (χ2v) is 3.18. The lowest BCUT2D eigenvalue weighted by Gasteiger charge is -2.08. The molecule has 0 spiro atoms. The Balaban J connectivity index is 2.96. The van der Waals surface area contributed by atoms with Gasteiger partial charge in [0.25, 0.3) is 0 Å². The van der Waals surface area contributed by atoms with Gasteiger partial charge in [0.05, 0.1) is 14.2 Å². The first-order valence-electron chi connectivity index (χ1n) is 5.09. The van der Waals surface area contributed by atoms with Crippen molar-refractivity contribution < 1.29 is 23.8 Å². The fraction of sp³-hybridized carbons (Fsp3) is 0.333. The number of ether oxygens (including phenoxy) is 3. The zero-order valence-electron chi connectivity index (χ0n) is 9.98. The van der Waals surface area contributed by atoms with Crippen LogP contribution in [0.1, 0.15) is 23.7 Å². The maximum atomic E-state index is 11.6. The minimum atomic E-state index is -0.726. The third-order valence-corrected chi connectivity index (χ3v) is 2.12. The van der Waals surface area contributed by atoms with E-state index in [9.17, 15) is 9.59 Å². The van der Waals surface area contributed by atoms with Gasteiger partial charge in [0.15, 0.2) is 0 Å². The molecule has 0 aliphatic rings. The predicted octanol–water partition coefficient (Wildman–Crippen LogP) is 1.80. The second kappa shape index (κ2) is 5.89. The van der Waals surface area contributed by atoms with Gasteiger partial charge in [-0.25, -0.2) is 4.79 Å². The van der Waals surface area contributed by atoms with E-state index < -0.39 is 11.9 Å². The number of benzene rings is 1. The Morgan fingerprint density at radius 3 is 2.41 bits per heavy atom. The van der Waals surface area contributed by atoms with Crippen LogP contribution < -0.4 is 9.47 Å². The van der Waals surface area contributed by atoms with E-state index in [1.807, 2.05) is 0 Å². The summed E-state index contributed by atoms with van der Waals surface area (Å²) in [4.78, 5) is 22.6. The Morgan fingerprint density at radius 1 is 1.18 bits per heavy atom. The molecular weight excluding hydrogens is 224 g/mol. The Morgan fingerprint density at radius 2 is 1.88 bits per heavy atom. The summed E-state index contributed by atoms with van der Waals surface area (Å²) < 4.78 is 14.6. The molecule has 5 nitrogen and oxygen atoms in total. The van der Waals surface area contributed by atoms with E-state index in [2.05, 4.69) is 4.74 Å². The smallest absolute Gasteiger partial charge is 0.349 e. The zero-order valence-corrected chi connectivity index (χ0v) is 9.98. The monoisotopic (exact) mass is 238 g/mol. The van der Waals surface area contributed by atoms with Crippen LogP contribution in [-0.4, -0.2) is 26.2 Å². The molecular formula is C12H14O5. The number of hydrogen-bond acceptors (Lipinski definition) is 5. The Kier molecular flexibility index (Phi) is 4.51. The Labute approximate surface area is 99.3 Å². The number of carbonyl (C=O) groups excluding carboxylic acids is 2. The molecule has 92 valence electrons. The van der Waals surface area contributed by atoms with Crippen molar-refractivity contribution in [3.05, 3.63) is 23.8 Å². The van der Waals surface area contributed by atoms with Gasteiger partial charge in [-0.3, -0.25) is 4.79 Å². The summed E-state index contributed by atoms with van der Waals surface area (Å²) in [5, 5.41) is 0. The molecule has 0 unspecified atom stereocenters. The highest BCUT2D eigenvalue weighted by Crippen LogP contribution is 2.25. The van der Waals surface area contributed by atoms with Crippen molar-refractivity contribution in [2.75, 3.05) is 14.2 Å². The highest BCUT2D eigenvalue weighted by atomic mass is 16.6. The van der Waals surface area contributed by atoms with Crippen molar-refractivity contribution in [1.29, 1.82) is 0 Å². The lowest BCUT2D eigenvalue weighted by Crippen LogP contribution is -2.12. The average molecular weight is 238 g/mol. The van der Waals surface area contributed by atoms with Gasteiger partial charge in [-0.15, -0.1) is 0 Å². The summed E-state index contributed by atoms with van der Waals surface area (Å²) in [7, 11) is 2.93. The van der Waals surface area contributed by atoms with Crippen molar-refractivity contribution in [2.45, 2.75) is 13.3 Å². The molecule has 0 atom stereocenters. The highest BCUT2D eigenvalue weighted by molar-refractivity contribution is 5.99. The number of carbonyl (C=O) groups is 2. The second-order valence-electron chi connectivity index (χ2n) is 3.18. The first-order valence-corrected chi connectivity index (χ1v) is 5.09. The van der Waals surface area contributed by atoms with Crippen LogP contribution in [0.4, 0.5) is 0 Å². The molecule has 5 heteroatoms. The Hall–Kier alpha value is -2.04. The van der Waals surface area contributed by atoms with Crippen LogP contribution in [0.15, 0.2) is 18.2 Å². The molecule has 0 saturated heterocycles. The zero-order chi connectivity index (χ0) is 12.8. The summed E-state index contributed by atoms with van der Waals surface area (Å²) >= 11 is 0. The van der Waals surface area contributed by atoms with Gasteiger partial charge < -0.3 is 14.2 Å². The molecule has 0 bridgehead atoms. The van der Waals surface area contributed by atoms with Gasteiger partial charge in [0.1, 0.15) is 17.1 Å². The minimum Gasteiger partial charge on any atom is -0.497 e. The summed E-state index contributed by atoms with van der Waals surface area (Å²) in [5.41, 5.74) is 0.190. The largest absolute Gasteiger partial charge is 0.497 e. The molecule has 0 fully saturated rings. The van der Waals surface area contributed by atoms with Crippen LogP contribution in [-0.2, 0) is 9.53 Å². The molecule has 1 rings (SSSR count). The summed E-state index contributed by atoms with van der Waals surface area (Å²) in [6.07, 6.45) is 0.143. The van der Waals surface area contributed by atoms with Gasteiger partial charge in [-0.05, 0) is 12.1 Å². The molecule has 0 aliphatic heterocycles. The van der Waals surface area contributed by atoms with E-state index >= 15 is 0 Å². The summed E-state index contributed by atoms with van der Waals surface area (Å²) in [6, 6.07) is 4.63. The fourth-order valence-electron chi connectivity index (χ4n) is 1.20. The van der Waals surface area contributed by atoms with E-state index in [4.69, 9.17) is 9.47 Å². The molecule has 1 aromatic rings. The topological polar surface area (TPSA) is 61.8 Å². The molecule has 0 aromatic heterocycles. The van der Waals surface area contributed by atoms with Crippen LogP contribution in [0.25, 0.3) is 0 Å². The van der Waals surface area contributed by atoms with Crippen molar-refractivity contribution >= 4 is 11.9 Å². The normalized spacial score (nSPS) is 9.59. The standard InChI is InChI=1S/C12H14O5/c1-4-11(13)17-12(14)9-6-5-8(15-2)7-10(9)16-3/h5-7H,4H2,1-3H3.